The van der Waals surface area contributed by atoms with Crippen molar-refractivity contribution in [2.24, 2.45) is 5.73 Å². The Bertz CT molecular complexity index is 1010. The number of halogens is 3. The van der Waals surface area contributed by atoms with Gasteiger partial charge >= 0.3 is 6.18 Å². The summed E-state index contributed by atoms with van der Waals surface area (Å²) in [6.07, 6.45) is -0.707. The van der Waals surface area contributed by atoms with Crippen LogP contribution in [0.5, 0.6) is 0 Å². The van der Waals surface area contributed by atoms with E-state index in [9.17, 15) is 22.8 Å². The number of likely N-dealkylation sites (tertiary alicyclic amines) is 1. The summed E-state index contributed by atoms with van der Waals surface area (Å²) in [4.78, 5) is 26.7. The zero-order valence-corrected chi connectivity index (χ0v) is 18.8. The molecule has 0 atom stereocenters. The average molecular weight is 475 g/mol. The number of carbonyl (C=O) groups is 2. The molecular formula is C25H29F3N4O2. The summed E-state index contributed by atoms with van der Waals surface area (Å²) < 4.78 is 38.4. The molecular weight excluding hydrogens is 445 g/mol. The lowest BCUT2D eigenvalue weighted by Gasteiger charge is -2.48. The summed E-state index contributed by atoms with van der Waals surface area (Å²) in [5, 5.41) is 5.25. The Balaban J connectivity index is 1.17. The Kier molecular flexibility index (Phi) is 6.95. The topological polar surface area (TPSA) is 87.5 Å². The van der Waals surface area contributed by atoms with E-state index in [0.717, 1.165) is 50.9 Å². The number of nitrogens with zero attached hydrogens (tertiary/aromatic N) is 1. The summed E-state index contributed by atoms with van der Waals surface area (Å²) in [5.41, 5.74) is 6.51. The first kappa shape index (κ1) is 24.2. The van der Waals surface area contributed by atoms with E-state index in [-0.39, 0.29) is 29.6 Å². The fourth-order valence-corrected chi connectivity index (χ4v) is 4.82. The third-order valence-corrected chi connectivity index (χ3v) is 6.85. The lowest BCUT2D eigenvalue weighted by molar-refractivity contribution is -0.137. The van der Waals surface area contributed by atoms with Crippen LogP contribution in [0.2, 0.25) is 0 Å². The maximum Gasteiger partial charge on any atom is 0.416 e. The smallest absolute Gasteiger partial charge is 0.349 e. The molecule has 182 valence electrons. The van der Waals surface area contributed by atoms with Gasteiger partial charge in [-0.25, -0.2) is 0 Å². The Morgan fingerprint density at radius 2 is 1.71 bits per heavy atom. The van der Waals surface area contributed by atoms with Gasteiger partial charge in [0.15, 0.2) is 0 Å². The highest BCUT2D eigenvalue weighted by atomic mass is 19.4. The van der Waals surface area contributed by atoms with Gasteiger partial charge in [0.2, 0.25) is 5.91 Å². The summed E-state index contributed by atoms with van der Waals surface area (Å²) in [7, 11) is 0. The van der Waals surface area contributed by atoms with Gasteiger partial charge in [-0.1, -0.05) is 36.4 Å². The molecule has 2 fully saturated rings. The van der Waals surface area contributed by atoms with Crippen molar-refractivity contribution in [1.82, 2.24) is 15.5 Å². The highest BCUT2D eigenvalue weighted by Crippen LogP contribution is 2.37. The first-order chi connectivity index (χ1) is 16.1. The van der Waals surface area contributed by atoms with Gasteiger partial charge in [-0.3, -0.25) is 14.5 Å². The minimum atomic E-state index is -4.53. The summed E-state index contributed by atoms with van der Waals surface area (Å²) in [5.74, 6) is -1.08. The highest BCUT2D eigenvalue weighted by Gasteiger charge is 2.39. The molecule has 34 heavy (non-hydrogen) atoms. The number of carbonyl (C=O) groups excluding carboxylic acids is 2. The molecule has 2 aliphatic rings. The van der Waals surface area contributed by atoms with E-state index in [0.29, 0.717) is 6.04 Å². The van der Waals surface area contributed by atoms with E-state index >= 15 is 0 Å². The molecule has 0 unspecified atom stereocenters. The molecule has 0 radical (unpaired) electrons. The number of rotatable bonds is 6. The summed E-state index contributed by atoms with van der Waals surface area (Å²) in [6, 6.07) is 14.7. The Labute approximate surface area is 196 Å². The average Bonchev–Trinajstić information content (AvgIpc) is 2.80. The molecule has 1 aliphatic heterocycles. The molecule has 0 bridgehead atoms. The predicted octanol–water partition coefficient (Wildman–Crippen LogP) is 3.03. The zero-order chi connectivity index (χ0) is 24.3. The minimum absolute atomic E-state index is 0.00311. The van der Waals surface area contributed by atoms with Gasteiger partial charge in [0, 0.05) is 30.2 Å². The van der Waals surface area contributed by atoms with Crippen molar-refractivity contribution in [2.75, 3.05) is 19.6 Å². The second-order valence-corrected chi connectivity index (χ2v) is 9.23. The standard InChI is InChI=1S/C25H29F3N4O2/c26-25(27,28)19-8-4-5-17(13-19)23(34)30-14-22(33)31-20-15-32(16-20)21-9-11-24(29,12-10-21)18-6-2-1-3-7-18/h1-8,13,20-21H,9-12,14-16,29H2,(H,30,34)(H,31,33). The van der Waals surface area contributed by atoms with E-state index in [1.807, 2.05) is 18.2 Å². The number of nitrogens with two attached hydrogens (primary N) is 1. The largest absolute Gasteiger partial charge is 0.416 e. The summed E-state index contributed by atoms with van der Waals surface area (Å²) in [6.45, 7) is 1.18. The van der Waals surface area contributed by atoms with Gasteiger partial charge in [0.05, 0.1) is 18.2 Å². The van der Waals surface area contributed by atoms with Crippen LogP contribution < -0.4 is 16.4 Å². The van der Waals surface area contributed by atoms with Crippen molar-refractivity contribution < 1.29 is 22.8 Å². The predicted molar refractivity (Wildman–Crippen MR) is 122 cm³/mol. The van der Waals surface area contributed by atoms with E-state index in [2.05, 4.69) is 27.7 Å². The number of amides is 2. The fraction of sp³-hybridized carbons (Fsp3) is 0.440. The summed E-state index contributed by atoms with van der Waals surface area (Å²) >= 11 is 0. The molecule has 0 aromatic heterocycles. The van der Waals surface area contributed by atoms with Crippen LogP contribution in [0.1, 0.15) is 47.2 Å². The number of nitrogens with one attached hydrogen (secondary N) is 2. The van der Waals surface area contributed by atoms with Gasteiger partial charge in [-0.15, -0.1) is 0 Å². The zero-order valence-electron chi connectivity index (χ0n) is 18.8. The normalized spacial score (nSPS) is 23.7. The first-order valence-corrected chi connectivity index (χ1v) is 11.5. The molecule has 6 nitrogen and oxygen atoms in total. The SMILES string of the molecule is NC1(c2ccccc2)CCC(N2CC(NC(=O)CNC(=O)c3cccc(C(F)(F)F)c3)C2)CC1. The van der Waals surface area contributed by atoms with Gasteiger partial charge < -0.3 is 16.4 Å². The quantitative estimate of drug-likeness (QED) is 0.601. The van der Waals surface area contributed by atoms with Crippen LogP contribution in [0, 0.1) is 0 Å². The molecule has 9 heteroatoms. The maximum absolute atomic E-state index is 12.8. The van der Waals surface area contributed by atoms with Crippen LogP contribution in [0.25, 0.3) is 0 Å². The molecule has 0 spiro atoms. The number of hydrogen-bond donors (Lipinski definition) is 3. The third kappa shape index (κ3) is 5.59. The van der Waals surface area contributed by atoms with Crippen molar-refractivity contribution in [3.8, 4) is 0 Å². The molecule has 1 aliphatic carbocycles. The Morgan fingerprint density at radius 3 is 2.35 bits per heavy atom. The van der Waals surface area contributed by atoms with Crippen LogP contribution >= 0.6 is 0 Å². The third-order valence-electron chi connectivity index (χ3n) is 6.85. The molecule has 2 amide bonds. The number of alkyl halides is 3. The lowest BCUT2D eigenvalue weighted by atomic mass is 9.75. The van der Waals surface area contributed by atoms with E-state index < -0.39 is 17.6 Å². The van der Waals surface area contributed by atoms with Gasteiger partial charge in [0.1, 0.15) is 0 Å². The van der Waals surface area contributed by atoms with Crippen LogP contribution in [0.3, 0.4) is 0 Å². The van der Waals surface area contributed by atoms with Gasteiger partial charge in [0.25, 0.3) is 5.91 Å². The highest BCUT2D eigenvalue weighted by molar-refractivity contribution is 5.96. The lowest BCUT2D eigenvalue weighted by Crippen LogP contribution is -2.63. The molecule has 1 saturated heterocycles. The van der Waals surface area contributed by atoms with Gasteiger partial charge in [-0.05, 0) is 49.4 Å². The van der Waals surface area contributed by atoms with Crippen molar-refractivity contribution in [1.29, 1.82) is 0 Å². The van der Waals surface area contributed by atoms with Crippen LogP contribution in [0.15, 0.2) is 54.6 Å². The van der Waals surface area contributed by atoms with Crippen molar-refractivity contribution in [3.05, 3.63) is 71.3 Å². The fourth-order valence-electron chi connectivity index (χ4n) is 4.82. The maximum atomic E-state index is 12.8. The first-order valence-electron chi connectivity index (χ1n) is 11.5. The van der Waals surface area contributed by atoms with Crippen LogP contribution in [0.4, 0.5) is 13.2 Å². The van der Waals surface area contributed by atoms with Crippen LogP contribution in [-0.2, 0) is 16.5 Å². The van der Waals surface area contributed by atoms with E-state index in [1.54, 1.807) is 0 Å². The minimum Gasteiger partial charge on any atom is -0.349 e. The second-order valence-electron chi connectivity index (χ2n) is 9.23. The number of hydrogen-bond acceptors (Lipinski definition) is 4. The second kappa shape index (κ2) is 9.76. The molecule has 1 saturated carbocycles. The van der Waals surface area contributed by atoms with Crippen LogP contribution in [-0.4, -0.2) is 48.4 Å². The van der Waals surface area contributed by atoms with Gasteiger partial charge in [-0.2, -0.15) is 13.2 Å². The number of benzene rings is 2. The van der Waals surface area contributed by atoms with Crippen molar-refractivity contribution in [3.63, 3.8) is 0 Å². The molecule has 4 N–H and O–H groups in total. The Hall–Kier alpha value is -2.91. The molecule has 4 rings (SSSR count). The molecule has 2 aromatic carbocycles. The Morgan fingerprint density at radius 1 is 1.03 bits per heavy atom. The van der Waals surface area contributed by atoms with Crippen molar-refractivity contribution >= 4 is 11.8 Å². The molecule has 1 heterocycles. The molecule has 2 aromatic rings. The van der Waals surface area contributed by atoms with Crippen molar-refractivity contribution in [2.45, 2.75) is 49.5 Å². The van der Waals surface area contributed by atoms with E-state index in [1.165, 1.54) is 17.7 Å². The van der Waals surface area contributed by atoms with E-state index in [4.69, 9.17) is 5.73 Å². The monoisotopic (exact) mass is 474 g/mol.